The summed E-state index contributed by atoms with van der Waals surface area (Å²) in [6.45, 7) is 6.35. The van der Waals surface area contributed by atoms with Crippen LogP contribution in [0.25, 0.3) is 0 Å². The predicted molar refractivity (Wildman–Crippen MR) is 108 cm³/mol. The molecule has 1 unspecified atom stereocenters. The minimum atomic E-state index is 0.137. The molecule has 1 atom stereocenters. The van der Waals surface area contributed by atoms with Crippen molar-refractivity contribution in [3.05, 3.63) is 35.9 Å². The number of nitrogens with one attached hydrogen (secondary N) is 3. The SMILES string of the molecule is CCNC(=NCC(C)c1ccccc1)NCCC(=O)NC1CCCCC1. The average Bonchev–Trinajstić information content (AvgIpc) is 2.67. The van der Waals surface area contributed by atoms with E-state index in [2.05, 4.69) is 52.1 Å². The fourth-order valence-corrected chi connectivity index (χ4v) is 3.30. The third kappa shape index (κ3) is 7.46. The molecule has 1 amide bonds. The van der Waals surface area contributed by atoms with E-state index in [1.807, 2.05) is 13.0 Å². The van der Waals surface area contributed by atoms with Crippen LogP contribution in [0.5, 0.6) is 0 Å². The maximum Gasteiger partial charge on any atom is 0.221 e. The summed E-state index contributed by atoms with van der Waals surface area (Å²) in [6, 6.07) is 10.8. The van der Waals surface area contributed by atoms with Gasteiger partial charge in [0.1, 0.15) is 0 Å². The number of carbonyl (C=O) groups excluding carboxylic acids is 1. The van der Waals surface area contributed by atoms with Crippen LogP contribution in [-0.2, 0) is 4.79 Å². The molecule has 1 aromatic carbocycles. The Hall–Kier alpha value is -2.04. The first kappa shape index (κ1) is 20.3. The molecule has 3 N–H and O–H groups in total. The molecule has 1 aromatic rings. The number of guanidine groups is 1. The van der Waals surface area contributed by atoms with Gasteiger partial charge >= 0.3 is 0 Å². The summed E-state index contributed by atoms with van der Waals surface area (Å²) in [5, 5.41) is 9.68. The zero-order chi connectivity index (χ0) is 18.6. The molecule has 1 fully saturated rings. The fraction of sp³-hybridized carbons (Fsp3) is 0.619. The van der Waals surface area contributed by atoms with E-state index in [-0.39, 0.29) is 5.91 Å². The van der Waals surface area contributed by atoms with Gasteiger partial charge in [-0.2, -0.15) is 0 Å². The van der Waals surface area contributed by atoms with Crippen LogP contribution in [0, 0.1) is 0 Å². The number of carbonyl (C=O) groups is 1. The standard InChI is InChI=1S/C21H34N4O/c1-3-22-21(24-16-17(2)18-10-6-4-7-11-18)23-15-14-20(26)25-19-12-8-5-9-13-19/h4,6-7,10-11,17,19H,3,5,8-9,12-16H2,1-2H3,(H,25,26)(H2,22,23,24). The zero-order valence-electron chi connectivity index (χ0n) is 16.3. The molecule has 26 heavy (non-hydrogen) atoms. The largest absolute Gasteiger partial charge is 0.357 e. The van der Waals surface area contributed by atoms with E-state index in [0.29, 0.717) is 31.5 Å². The van der Waals surface area contributed by atoms with E-state index in [1.165, 1.54) is 24.8 Å². The maximum absolute atomic E-state index is 12.1. The maximum atomic E-state index is 12.1. The van der Waals surface area contributed by atoms with Crippen molar-refractivity contribution in [3.8, 4) is 0 Å². The van der Waals surface area contributed by atoms with Crippen molar-refractivity contribution in [3.63, 3.8) is 0 Å². The Kier molecular flexibility index (Phi) is 9.01. The van der Waals surface area contributed by atoms with E-state index < -0.39 is 0 Å². The van der Waals surface area contributed by atoms with Crippen LogP contribution in [0.1, 0.15) is 63.9 Å². The molecule has 0 saturated heterocycles. The Morgan fingerprint density at radius 3 is 2.58 bits per heavy atom. The highest BCUT2D eigenvalue weighted by molar-refractivity contribution is 5.81. The molecule has 0 aliphatic heterocycles. The first-order valence-electron chi connectivity index (χ1n) is 10.1. The molecule has 1 aliphatic carbocycles. The number of aliphatic imine (C=N–C) groups is 1. The number of nitrogens with zero attached hydrogens (tertiary/aromatic N) is 1. The average molecular weight is 359 g/mol. The smallest absolute Gasteiger partial charge is 0.221 e. The van der Waals surface area contributed by atoms with Crippen LogP contribution in [0.4, 0.5) is 0 Å². The normalized spacial score (nSPS) is 16.8. The van der Waals surface area contributed by atoms with Crippen LogP contribution in [-0.4, -0.2) is 37.5 Å². The Labute approximate surface area is 158 Å². The van der Waals surface area contributed by atoms with E-state index in [1.54, 1.807) is 0 Å². The van der Waals surface area contributed by atoms with E-state index in [0.717, 1.165) is 25.3 Å². The second-order valence-electron chi connectivity index (χ2n) is 7.11. The van der Waals surface area contributed by atoms with Crippen molar-refractivity contribution in [1.29, 1.82) is 0 Å². The molecular formula is C21H34N4O. The molecule has 1 aliphatic rings. The van der Waals surface area contributed by atoms with Gasteiger partial charge < -0.3 is 16.0 Å². The summed E-state index contributed by atoms with van der Waals surface area (Å²) in [7, 11) is 0. The topological polar surface area (TPSA) is 65.5 Å². The molecule has 5 heteroatoms. The van der Waals surface area contributed by atoms with Gasteiger partial charge in [-0.1, -0.05) is 56.5 Å². The molecule has 144 valence electrons. The van der Waals surface area contributed by atoms with Crippen molar-refractivity contribution in [2.24, 2.45) is 4.99 Å². The van der Waals surface area contributed by atoms with Crippen LogP contribution in [0.15, 0.2) is 35.3 Å². The summed E-state index contributed by atoms with van der Waals surface area (Å²) in [6.07, 6.45) is 6.51. The summed E-state index contributed by atoms with van der Waals surface area (Å²) in [5.41, 5.74) is 1.29. The summed E-state index contributed by atoms with van der Waals surface area (Å²) in [4.78, 5) is 16.8. The Morgan fingerprint density at radius 2 is 1.88 bits per heavy atom. The summed E-state index contributed by atoms with van der Waals surface area (Å²) < 4.78 is 0. The number of hydrogen-bond acceptors (Lipinski definition) is 2. The quantitative estimate of drug-likeness (QED) is 0.494. The first-order chi connectivity index (χ1) is 12.7. The molecule has 5 nitrogen and oxygen atoms in total. The van der Waals surface area contributed by atoms with Crippen molar-refractivity contribution < 1.29 is 4.79 Å². The minimum Gasteiger partial charge on any atom is -0.357 e. The van der Waals surface area contributed by atoms with Gasteiger partial charge in [0.05, 0.1) is 0 Å². The molecule has 1 saturated carbocycles. The third-order valence-electron chi connectivity index (χ3n) is 4.85. The van der Waals surface area contributed by atoms with E-state index >= 15 is 0 Å². The summed E-state index contributed by atoms with van der Waals surface area (Å²) in [5.74, 6) is 1.28. The molecule has 0 heterocycles. The van der Waals surface area contributed by atoms with Crippen molar-refractivity contribution in [2.45, 2.75) is 64.3 Å². The number of amides is 1. The highest BCUT2D eigenvalue weighted by Gasteiger charge is 2.15. The van der Waals surface area contributed by atoms with Gasteiger partial charge in [-0.05, 0) is 25.3 Å². The Balaban J connectivity index is 1.73. The number of rotatable bonds is 8. The van der Waals surface area contributed by atoms with Gasteiger partial charge in [0.2, 0.25) is 5.91 Å². The lowest BCUT2D eigenvalue weighted by Gasteiger charge is -2.22. The van der Waals surface area contributed by atoms with Gasteiger partial charge in [-0.3, -0.25) is 9.79 Å². The van der Waals surface area contributed by atoms with Crippen LogP contribution >= 0.6 is 0 Å². The Bertz CT molecular complexity index is 552. The fourth-order valence-electron chi connectivity index (χ4n) is 3.30. The van der Waals surface area contributed by atoms with Crippen LogP contribution in [0.2, 0.25) is 0 Å². The number of benzene rings is 1. The zero-order valence-corrected chi connectivity index (χ0v) is 16.3. The molecule has 2 rings (SSSR count). The van der Waals surface area contributed by atoms with Crippen molar-refractivity contribution >= 4 is 11.9 Å². The lowest BCUT2D eigenvalue weighted by atomic mass is 9.95. The van der Waals surface area contributed by atoms with Gasteiger partial charge in [0.25, 0.3) is 0 Å². The van der Waals surface area contributed by atoms with Gasteiger partial charge in [0.15, 0.2) is 5.96 Å². The van der Waals surface area contributed by atoms with Gasteiger partial charge in [-0.25, -0.2) is 0 Å². The molecule has 0 radical (unpaired) electrons. The first-order valence-corrected chi connectivity index (χ1v) is 10.1. The van der Waals surface area contributed by atoms with Crippen LogP contribution in [0.3, 0.4) is 0 Å². The molecule has 0 bridgehead atoms. The predicted octanol–water partition coefficient (Wildman–Crippen LogP) is 3.18. The monoisotopic (exact) mass is 358 g/mol. The van der Waals surface area contributed by atoms with Gasteiger partial charge in [-0.15, -0.1) is 0 Å². The van der Waals surface area contributed by atoms with E-state index in [4.69, 9.17) is 0 Å². The van der Waals surface area contributed by atoms with Crippen molar-refractivity contribution in [2.75, 3.05) is 19.6 Å². The highest BCUT2D eigenvalue weighted by atomic mass is 16.1. The van der Waals surface area contributed by atoms with Crippen LogP contribution < -0.4 is 16.0 Å². The molecular weight excluding hydrogens is 324 g/mol. The lowest BCUT2D eigenvalue weighted by Crippen LogP contribution is -2.41. The summed E-state index contributed by atoms with van der Waals surface area (Å²) >= 11 is 0. The second kappa shape index (κ2) is 11.6. The lowest BCUT2D eigenvalue weighted by molar-refractivity contribution is -0.121. The number of hydrogen-bond donors (Lipinski definition) is 3. The molecule has 0 spiro atoms. The second-order valence-corrected chi connectivity index (χ2v) is 7.11. The van der Waals surface area contributed by atoms with Gasteiger partial charge in [0, 0.05) is 38.0 Å². The highest BCUT2D eigenvalue weighted by Crippen LogP contribution is 2.17. The molecule has 0 aromatic heterocycles. The van der Waals surface area contributed by atoms with Crippen molar-refractivity contribution in [1.82, 2.24) is 16.0 Å². The Morgan fingerprint density at radius 1 is 1.15 bits per heavy atom. The van der Waals surface area contributed by atoms with E-state index in [9.17, 15) is 4.79 Å². The third-order valence-corrected chi connectivity index (χ3v) is 4.85. The minimum absolute atomic E-state index is 0.137.